The lowest BCUT2D eigenvalue weighted by Crippen LogP contribution is -2.36. The first-order chi connectivity index (χ1) is 13.0. The van der Waals surface area contributed by atoms with Crippen LogP contribution in [0.4, 0.5) is 4.39 Å². The number of benzene rings is 2. The van der Waals surface area contributed by atoms with Crippen LogP contribution in [0.2, 0.25) is 0 Å². The third kappa shape index (κ3) is 5.35. The molecule has 0 radical (unpaired) electrons. The molecule has 1 aliphatic rings. The molecule has 0 saturated carbocycles. The lowest BCUT2D eigenvalue weighted by molar-refractivity contribution is -0.0172. The van der Waals surface area contributed by atoms with Crippen LogP contribution in [0.5, 0.6) is 5.75 Å². The maximum absolute atomic E-state index is 13.9. The van der Waals surface area contributed by atoms with Gasteiger partial charge in [0, 0.05) is 31.3 Å². The van der Waals surface area contributed by atoms with Crippen LogP contribution in [-0.2, 0) is 24.4 Å². The molecule has 0 fully saturated rings. The number of hydrogen-bond donors (Lipinski definition) is 2. The van der Waals surface area contributed by atoms with Gasteiger partial charge in [0.15, 0.2) is 12.8 Å². The monoisotopic (exact) mass is 499 g/mol. The van der Waals surface area contributed by atoms with Gasteiger partial charge in [0.1, 0.15) is 11.6 Å². The summed E-state index contributed by atoms with van der Waals surface area (Å²) in [6, 6.07) is 7.30. The van der Waals surface area contributed by atoms with Crippen LogP contribution in [-0.4, -0.2) is 19.8 Å². The van der Waals surface area contributed by atoms with Crippen molar-refractivity contribution in [2.24, 2.45) is 4.99 Å². The van der Waals surface area contributed by atoms with Crippen molar-refractivity contribution in [3.05, 3.63) is 63.5 Å². The molecule has 1 heterocycles. The van der Waals surface area contributed by atoms with Crippen LogP contribution in [0.25, 0.3) is 0 Å². The molecule has 7 heteroatoms. The largest absolute Gasteiger partial charge is 0.467 e. The number of nitrogens with zero attached hydrogens (tertiary/aromatic N) is 1. The number of halogens is 2. The van der Waals surface area contributed by atoms with Gasteiger partial charge in [0.05, 0.1) is 6.61 Å². The summed E-state index contributed by atoms with van der Waals surface area (Å²) in [7, 11) is 1.72. The third-order valence-corrected chi connectivity index (χ3v) is 4.69. The SMILES string of the molecule is CN=C(NCc1cc(F)cc2c1OCOC2)NCc1c(C)cc(C)cc1C.I. The number of aliphatic imine (C=N–C) groups is 1. The molecule has 1 aliphatic heterocycles. The van der Waals surface area contributed by atoms with E-state index in [9.17, 15) is 4.39 Å². The molecule has 5 nitrogen and oxygen atoms in total. The van der Waals surface area contributed by atoms with Gasteiger partial charge >= 0.3 is 0 Å². The Morgan fingerprint density at radius 1 is 1.07 bits per heavy atom. The summed E-state index contributed by atoms with van der Waals surface area (Å²) in [5.74, 6) is 1.05. The first-order valence-electron chi connectivity index (χ1n) is 9.01. The van der Waals surface area contributed by atoms with Gasteiger partial charge in [-0.05, 0) is 49.6 Å². The van der Waals surface area contributed by atoms with E-state index < -0.39 is 0 Å². The molecular weight excluding hydrogens is 472 g/mol. The summed E-state index contributed by atoms with van der Waals surface area (Å²) < 4.78 is 24.7. The van der Waals surface area contributed by atoms with Crippen molar-refractivity contribution in [3.8, 4) is 5.75 Å². The normalized spacial score (nSPS) is 13.2. The van der Waals surface area contributed by atoms with Gasteiger partial charge in [0.25, 0.3) is 0 Å². The summed E-state index contributed by atoms with van der Waals surface area (Å²) >= 11 is 0. The summed E-state index contributed by atoms with van der Waals surface area (Å²) in [5, 5.41) is 6.57. The van der Waals surface area contributed by atoms with Crippen molar-refractivity contribution in [1.29, 1.82) is 0 Å². The van der Waals surface area contributed by atoms with Crippen molar-refractivity contribution >= 4 is 29.9 Å². The van der Waals surface area contributed by atoms with E-state index in [1.54, 1.807) is 7.05 Å². The van der Waals surface area contributed by atoms with Crippen molar-refractivity contribution in [2.45, 2.75) is 40.5 Å². The smallest absolute Gasteiger partial charge is 0.191 e. The van der Waals surface area contributed by atoms with Gasteiger partial charge in [0.2, 0.25) is 0 Å². The van der Waals surface area contributed by atoms with E-state index in [0.717, 1.165) is 11.1 Å². The molecule has 2 aromatic rings. The Morgan fingerprint density at radius 3 is 2.43 bits per heavy atom. The van der Waals surface area contributed by atoms with Gasteiger partial charge in [-0.3, -0.25) is 4.99 Å². The van der Waals surface area contributed by atoms with E-state index in [1.165, 1.54) is 34.4 Å². The number of aryl methyl sites for hydroxylation is 3. The van der Waals surface area contributed by atoms with Gasteiger partial charge < -0.3 is 20.1 Å². The summed E-state index contributed by atoms with van der Waals surface area (Å²) in [5.41, 5.74) is 6.50. The van der Waals surface area contributed by atoms with Crippen molar-refractivity contribution in [2.75, 3.05) is 13.8 Å². The number of guanidine groups is 1. The summed E-state index contributed by atoms with van der Waals surface area (Å²) in [6.45, 7) is 7.96. The fourth-order valence-corrected chi connectivity index (χ4v) is 3.45. The Bertz CT molecular complexity index is 848. The van der Waals surface area contributed by atoms with E-state index in [1.807, 2.05) is 0 Å². The van der Waals surface area contributed by atoms with E-state index in [-0.39, 0.29) is 36.6 Å². The number of ether oxygens (including phenoxy) is 2. The molecule has 0 aromatic heterocycles. The highest BCUT2D eigenvalue weighted by Crippen LogP contribution is 2.29. The fraction of sp³-hybridized carbons (Fsp3) is 0.381. The number of hydrogen-bond acceptors (Lipinski definition) is 3. The zero-order chi connectivity index (χ0) is 19.4. The predicted octanol–water partition coefficient (Wildman–Crippen LogP) is 4.10. The maximum atomic E-state index is 13.9. The van der Waals surface area contributed by atoms with Crippen LogP contribution in [0, 0.1) is 26.6 Å². The Labute approximate surface area is 182 Å². The highest BCUT2D eigenvalue weighted by Gasteiger charge is 2.17. The molecule has 0 atom stereocenters. The molecule has 152 valence electrons. The molecule has 0 spiro atoms. The molecule has 0 amide bonds. The van der Waals surface area contributed by atoms with Crippen LogP contribution in [0.3, 0.4) is 0 Å². The molecule has 28 heavy (non-hydrogen) atoms. The van der Waals surface area contributed by atoms with Gasteiger partial charge in [-0.15, -0.1) is 24.0 Å². The Kier molecular flexibility index (Phi) is 8.06. The Balaban J connectivity index is 0.00000280. The van der Waals surface area contributed by atoms with Gasteiger partial charge in [-0.2, -0.15) is 0 Å². The van der Waals surface area contributed by atoms with Crippen LogP contribution in [0.1, 0.15) is 33.4 Å². The van der Waals surface area contributed by atoms with E-state index in [4.69, 9.17) is 9.47 Å². The van der Waals surface area contributed by atoms with Crippen molar-refractivity contribution < 1.29 is 13.9 Å². The van der Waals surface area contributed by atoms with Crippen molar-refractivity contribution in [3.63, 3.8) is 0 Å². The highest BCUT2D eigenvalue weighted by molar-refractivity contribution is 14.0. The predicted molar refractivity (Wildman–Crippen MR) is 120 cm³/mol. The molecule has 0 bridgehead atoms. The number of nitrogens with one attached hydrogen (secondary N) is 2. The number of fused-ring (bicyclic) bond motifs is 1. The Morgan fingerprint density at radius 2 is 1.75 bits per heavy atom. The minimum Gasteiger partial charge on any atom is -0.467 e. The second-order valence-corrected chi connectivity index (χ2v) is 6.82. The second kappa shape index (κ2) is 10.1. The van der Waals surface area contributed by atoms with E-state index >= 15 is 0 Å². The zero-order valence-electron chi connectivity index (χ0n) is 16.7. The topological polar surface area (TPSA) is 54.9 Å². The van der Waals surface area contributed by atoms with Crippen LogP contribution >= 0.6 is 24.0 Å². The second-order valence-electron chi connectivity index (χ2n) is 6.82. The quantitative estimate of drug-likeness (QED) is 0.378. The molecule has 2 aromatic carbocycles. The molecule has 0 unspecified atom stereocenters. The first kappa shape index (κ1) is 22.4. The molecule has 3 rings (SSSR count). The van der Waals surface area contributed by atoms with Gasteiger partial charge in [-0.1, -0.05) is 17.7 Å². The maximum Gasteiger partial charge on any atom is 0.191 e. The lowest BCUT2D eigenvalue weighted by atomic mass is 10.00. The zero-order valence-corrected chi connectivity index (χ0v) is 19.0. The minimum absolute atomic E-state index is 0. The third-order valence-electron chi connectivity index (χ3n) is 4.69. The van der Waals surface area contributed by atoms with E-state index in [0.29, 0.717) is 31.4 Å². The molecule has 0 saturated heterocycles. The van der Waals surface area contributed by atoms with Crippen molar-refractivity contribution in [1.82, 2.24) is 10.6 Å². The summed E-state index contributed by atoms with van der Waals surface area (Å²) in [6.07, 6.45) is 0. The van der Waals surface area contributed by atoms with Crippen LogP contribution < -0.4 is 15.4 Å². The average molecular weight is 499 g/mol. The molecule has 0 aliphatic carbocycles. The average Bonchev–Trinajstić information content (AvgIpc) is 2.62. The fourth-order valence-electron chi connectivity index (χ4n) is 3.45. The standard InChI is InChI=1S/C21H26FN3O2.HI/c1-13-5-14(2)19(15(3)6-13)10-25-21(23-4)24-9-16-7-18(22)8-17-11-26-12-27-20(16)17;/h5-8H,9-12H2,1-4H3,(H2,23,24,25);1H. The lowest BCUT2D eigenvalue weighted by Gasteiger charge is -2.21. The molecule has 2 N–H and O–H groups in total. The highest BCUT2D eigenvalue weighted by atomic mass is 127. The Hall–Kier alpha value is -1.87. The number of rotatable bonds is 4. The molecular formula is C21H27FIN3O2. The van der Waals surface area contributed by atoms with Crippen LogP contribution in [0.15, 0.2) is 29.3 Å². The van der Waals surface area contributed by atoms with E-state index in [2.05, 4.69) is 48.5 Å². The summed E-state index contributed by atoms with van der Waals surface area (Å²) in [4.78, 5) is 4.26. The minimum atomic E-state index is -0.298. The first-order valence-corrected chi connectivity index (χ1v) is 9.01. The van der Waals surface area contributed by atoms with Gasteiger partial charge in [-0.25, -0.2) is 4.39 Å².